The maximum Gasteiger partial charge on any atom is 0.258 e. The molecular formula is C12H15N5O4S. The van der Waals surface area contributed by atoms with Gasteiger partial charge >= 0.3 is 0 Å². The molecule has 118 valence electrons. The van der Waals surface area contributed by atoms with E-state index < -0.39 is 15.7 Å². The molecule has 22 heavy (non-hydrogen) atoms. The van der Waals surface area contributed by atoms with Gasteiger partial charge in [-0.1, -0.05) is 5.10 Å². The second-order valence-corrected chi connectivity index (χ2v) is 6.59. The van der Waals surface area contributed by atoms with Crippen LogP contribution >= 0.6 is 0 Å². The standard InChI is InChI=1S/C12H15N5O4S/c1-17-12(14-15-16-17)13-11(18)8-4-5-10(22(3,19)20)9(6-8)7-21-2/h4-6H,7H2,1-3H3,(H,13,14,16,18). The first-order valence-electron chi connectivity index (χ1n) is 6.18. The van der Waals surface area contributed by atoms with Crippen molar-refractivity contribution >= 4 is 21.7 Å². The number of nitrogens with zero attached hydrogens (tertiary/aromatic N) is 4. The highest BCUT2D eigenvalue weighted by Gasteiger charge is 2.17. The number of rotatable bonds is 5. The number of carbonyl (C=O) groups excluding carboxylic acids is 1. The van der Waals surface area contributed by atoms with Gasteiger partial charge < -0.3 is 4.74 Å². The van der Waals surface area contributed by atoms with Crippen LogP contribution in [0.2, 0.25) is 0 Å². The molecule has 0 bridgehead atoms. The summed E-state index contributed by atoms with van der Waals surface area (Å²) in [7, 11) is -0.372. The number of aryl methyl sites for hydroxylation is 1. The van der Waals surface area contributed by atoms with Gasteiger partial charge in [-0.3, -0.25) is 10.1 Å². The zero-order valence-corrected chi connectivity index (χ0v) is 13.1. The Morgan fingerprint density at radius 1 is 1.41 bits per heavy atom. The first kappa shape index (κ1) is 16.0. The number of hydrogen-bond donors (Lipinski definition) is 1. The number of hydrogen-bond acceptors (Lipinski definition) is 7. The molecule has 1 aromatic carbocycles. The van der Waals surface area contributed by atoms with Crippen molar-refractivity contribution in [1.29, 1.82) is 0 Å². The molecule has 0 aliphatic rings. The third-order valence-electron chi connectivity index (χ3n) is 2.87. The third-order valence-corrected chi connectivity index (χ3v) is 4.06. The molecule has 0 spiro atoms. The molecule has 1 amide bonds. The van der Waals surface area contributed by atoms with Crippen molar-refractivity contribution in [2.75, 3.05) is 18.7 Å². The van der Waals surface area contributed by atoms with Crippen LogP contribution in [0.15, 0.2) is 23.1 Å². The lowest BCUT2D eigenvalue weighted by Crippen LogP contribution is -2.16. The van der Waals surface area contributed by atoms with Gasteiger partial charge in [0.2, 0.25) is 5.95 Å². The first-order chi connectivity index (χ1) is 10.3. The highest BCUT2D eigenvalue weighted by atomic mass is 32.2. The number of amides is 1. The molecule has 9 nitrogen and oxygen atoms in total. The van der Waals surface area contributed by atoms with E-state index in [1.807, 2.05) is 0 Å². The summed E-state index contributed by atoms with van der Waals surface area (Å²) < 4.78 is 29.7. The molecule has 0 fully saturated rings. The molecule has 0 radical (unpaired) electrons. The molecule has 1 N–H and O–H groups in total. The van der Waals surface area contributed by atoms with Crippen LogP contribution in [0, 0.1) is 0 Å². The van der Waals surface area contributed by atoms with Gasteiger partial charge in [-0.2, -0.15) is 0 Å². The average Bonchev–Trinajstić information content (AvgIpc) is 2.83. The fourth-order valence-corrected chi connectivity index (χ4v) is 2.77. The van der Waals surface area contributed by atoms with Crippen LogP contribution in [0.1, 0.15) is 15.9 Å². The van der Waals surface area contributed by atoms with E-state index in [4.69, 9.17) is 4.74 Å². The Labute approximate surface area is 127 Å². The molecule has 0 aliphatic heterocycles. The van der Waals surface area contributed by atoms with Crippen LogP contribution in [-0.2, 0) is 28.2 Å². The topological polar surface area (TPSA) is 116 Å². The fourth-order valence-electron chi connectivity index (χ4n) is 1.86. The molecule has 0 atom stereocenters. The van der Waals surface area contributed by atoms with Crippen molar-refractivity contribution in [2.24, 2.45) is 7.05 Å². The number of aromatic nitrogens is 4. The number of ether oxygens (including phenoxy) is 1. The predicted octanol–water partition coefficient (Wildman–Crippen LogP) is 0.0123. The largest absolute Gasteiger partial charge is 0.380 e. The van der Waals surface area contributed by atoms with Gasteiger partial charge in [0, 0.05) is 26.0 Å². The second-order valence-electron chi connectivity index (χ2n) is 4.61. The first-order valence-corrected chi connectivity index (χ1v) is 8.07. The molecule has 0 unspecified atom stereocenters. The van der Waals surface area contributed by atoms with Crippen LogP contribution in [0.4, 0.5) is 5.95 Å². The van der Waals surface area contributed by atoms with Crippen molar-refractivity contribution in [3.8, 4) is 0 Å². The van der Waals surface area contributed by atoms with Crippen LogP contribution in [-0.4, -0.2) is 47.9 Å². The highest BCUT2D eigenvalue weighted by Crippen LogP contribution is 2.19. The zero-order chi connectivity index (χ0) is 16.3. The summed E-state index contributed by atoms with van der Waals surface area (Å²) in [4.78, 5) is 12.3. The summed E-state index contributed by atoms with van der Waals surface area (Å²) in [6, 6.07) is 4.28. The van der Waals surface area contributed by atoms with Crippen molar-refractivity contribution in [3.05, 3.63) is 29.3 Å². The fraction of sp³-hybridized carbons (Fsp3) is 0.333. The number of benzene rings is 1. The Kier molecular flexibility index (Phi) is 4.52. The van der Waals surface area contributed by atoms with Gasteiger partial charge in [0.25, 0.3) is 5.91 Å². The summed E-state index contributed by atoms with van der Waals surface area (Å²) in [5, 5.41) is 13.2. The van der Waals surface area contributed by atoms with Crippen molar-refractivity contribution in [1.82, 2.24) is 20.2 Å². The van der Waals surface area contributed by atoms with Gasteiger partial charge in [0.1, 0.15) is 0 Å². The maximum atomic E-state index is 12.2. The molecule has 0 saturated carbocycles. The minimum absolute atomic E-state index is 0.0784. The van der Waals surface area contributed by atoms with E-state index in [-0.39, 0.29) is 23.0 Å². The van der Waals surface area contributed by atoms with Crippen molar-refractivity contribution in [2.45, 2.75) is 11.5 Å². The molecule has 10 heteroatoms. The SMILES string of the molecule is COCc1cc(C(=O)Nc2nnnn2C)ccc1S(C)(=O)=O. The number of nitrogens with one attached hydrogen (secondary N) is 1. The highest BCUT2D eigenvalue weighted by molar-refractivity contribution is 7.90. The Hall–Kier alpha value is -2.33. The van der Waals surface area contributed by atoms with E-state index in [1.54, 1.807) is 7.05 Å². The summed E-state index contributed by atoms with van der Waals surface area (Å²) in [6.07, 6.45) is 1.10. The normalized spacial score (nSPS) is 11.4. The monoisotopic (exact) mass is 325 g/mol. The quantitative estimate of drug-likeness (QED) is 0.823. The minimum atomic E-state index is -3.40. The zero-order valence-electron chi connectivity index (χ0n) is 12.3. The number of sulfone groups is 1. The van der Waals surface area contributed by atoms with Crippen LogP contribution in [0.25, 0.3) is 0 Å². The van der Waals surface area contributed by atoms with Crippen molar-refractivity contribution < 1.29 is 17.9 Å². The van der Waals surface area contributed by atoms with E-state index in [1.165, 1.54) is 30.0 Å². The van der Waals surface area contributed by atoms with Gasteiger partial charge in [0.05, 0.1) is 11.5 Å². The number of anilines is 1. The molecule has 0 aliphatic carbocycles. The van der Waals surface area contributed by atoms with Gasteiger partial charge in [0.15, 0.2) is 9.84 Å². The van der Waals surface area contributed by atoms with E-state index >= 15 is 0 Å². The van der Waals surface area contributed by atoms with Gasteiger partial charge in [-0.05, 0) is 34.2 Å². The maximum absolute atomic E-state index is 12.2. The molecule has 0 saturated heterocycles. The lowest BCUT2D eigenvalue weighted by molar-refractivity contribution is 0.102. The minimum Gasteiger partial charge on any atom is -0.380 e. The lowest BCUT2D eigenvalue weighted by atomic mass is 10.1. The van der Waals surface area contributed by atoms with Gasteiger partial charge in [-0.25, -0.2) is 13.1 Å². The van der Waals surface area contributed by atoms with E-state index in [0.717, 1.165) is 6.26 Å². The van der Waals surface area contributed by atoms with Crippen LogP contribution in [0.5, 0.6) is 0 Å². The van der Waals surface area contributed by atoms with Crippen LogP contribution < -0.4 is 5.32 Å². The van der Waals surface area contributed by atoms with Gasteiger partial charge in [-0.15, -0.1) is 0 Å². The summed E-state index contributed by atoms with van der Waals surface area (Å²) in [5.41, 5.74) is 0.691. The number of tetrazole rings is 1. The van der Waals surface area contributed by atoms with E-state index in [2.05, 4.69) is 20.8 Å². The van der Waals surface area contributed by atoms with Crippen LogP contribution in [0.3, 0.4) is 0 Å². The number of methoxy groups -OCH3 is 1. The summed E-state index contributed by atoms with van der Waals surface area (Å²) in [5.74, 6) is -0.263. The van der Waals surface area contributed by atoms with E-state index in [9.17, 15) is 13.2 Å². The summed E-state index contributed by atoms with van der Waals surface area (Å²) in [6.45, 7) is 0.0784. The smallest absolute Gasteiger partial charge is 0.258 e. The Bertz CT molecular complexity index is 800. The Morgan fingerprint density at radius 2 is 2.14 bits per heavy atom. The lowest BCUT2D eigenvalue weighted by Gasteiger charge is -2.10. The molecule has 2 rings (SSSR count). The van der Waals surface area contributed by atoms with E-state index in [0.29, 0.717) is 5.56 Å². The summed E-state index contributed by atoms with van der Waals surface area (Å²) >= 11 is 0. The predicted molar refractivity (Wildman–Crippen MR) is 77.0 cm³/mol. The number of carbonyl (C=O) groups is 1. The molecular weight excluding hydrogens is 310 g/mol. The Morgan fingerprint density at radius 3 is 2.68 bits per heavy atom. The molecule has 2 aromatic rings. The Balaban J connectivity index is 2.34. The molecule has 1 aromatic heterocycles. The molecule has 1 heterocycles. The second kappa shape index (κ2) is 6.20. The third kappa shape index (κ3) is 3.46. The average molecular weight is 325 g/mol. The van der Waals surface area contributed by atoms with Crippen molar-refractivity contribution in [3.63, 3.8) is 0 Å².